The molecular weight excluding hydrogens is 406 g/mol. The van der Waals surface area contributed by atoms with E-state index in [1.165, 1.54) is 0 Å². The molecule has 1 N–H and O–H groups in total. The molecular formula is C21H31N3O5S. The molecule has 0 radical (unpaired) electrons. The van der Waals surface area contributed by atoms with Crippen molar-refractivity contribution in [1.82, 2.24) is 14.2 Å². The molecule has 0 aliphatic carbocycles. The van der Waals surface area contributed by atoms with Crippen molar-refractivity contribution in [3.63, 3.8) is 0 Å². The first kappa shape index (κ1) is 22.7. The highest BCUT2D eigenvalue weighted by atomic mass is 32.2. The largest absolute Gasteiger partial charge is 0.460 e. The van der Waals surface area contributed by atoms with Crippen LogP contribution in [0.2, 0.25) is 0 Å². The van der Waals surface area contributed by atoms with Crippen LogP contribution in [0.25, 0.3) is 10.9 Å². The number of hydrogen-bond acceptors (Lipinski definition) is 7. The number of ether oxygens (including phenoxy) is 1. The molecule has 9 heteroatoms. The van der Waals surface area contributed by atoms with Gasteiger partial charge in [0.05, 0.1) is 17.5 Å². The Morgan fingerprint density at radius 3 is 2.70 bits per heavy atom. The van der Waals surface area contributed by atoms with Crippen LogP contribution in [-0.4, -0.2) is 69.7 Å². The minimum Gasteiger partial charge on any atom is -0.460 e. The average Bonchev–Trinajstić information content (AvgIpc) is 3.33. The van der Waals surface area contributed by atoms with Crippen molar-refractivity contribution < 1.29 is 22.1 Å². The zero-order valence-corrected chi connectivity index (χ0v) is 18.9. The standard InChI is InChI=1S/C21H31N3O5S/c1-21(2,20(25)29-17-9-11-22-13-17)15-28-30(26,27)24-14-16(10-12-23(3)4)18-7-5-6-8-19(18)24/h5-8,14,17,22H,9-13,15H2,1-4H3. The summed E-state index contributed by atoms with van der Waals surface area (Å²) in [5.41, 5.74) is 0.398. The van der Waals surface area contributed by atoms with Gasteiger partial charge in [-0.3, -0.25) is 8.98 Å². The molecule has 1 aliphatic rings. The summed E-state index contributed by atoms with van der Waals surface area (Å²) in [5.74, 6) is -0.463. The summed E-state index contributed by atoms with van der Waals surface area (Å²) in [7, 11) is -0.168. The van der Waals surface area contributed by atoms with Crippen LogP contribution in [0.5, 0.6) is 0 Å². The highest BCUT2D eigenvalue weighted by Gasteiger charge is 2.35. The summed E-state index contributed by atoms with van der Waals surface area (Å²) in [5, 5.41) is 4.01. The predicted molar refractivity (Wildman–Crippen MR) is 116 cm³/mol. The van der Waals surface area contributed by atoms with Gasteiger partial charge in [0.25, 0.3) is 0 Å². The van der Waals surface area contributed by atoms with Gasteiger partial charge in [0.1, 0.15) is 6.10 Å². The fraction of sp³-hybridized carbons (Fsp3) is 0.571. The lowest BCUT2D eigenvalue weighted by Crippen LogP contribution is -2.36. The van der Waals surface area contributed by atoms with Gasteiger partial charge in [-0.2, -0.15) is 8.42 Å². The molecule has 1 fully saturated rings. The smallest absolute Gasteiger partial charge is 0.366 e. The number of aromatic nitrogens is 1. The predicted octanol–water partition coefficient (Wildman–Crippen LogP) is 1.79. The summed E-state index contributed by atoms with van der Waals surface area (Å²) >= 11 is 0. The molecule has 2 heterocycles. The second-order valence-corrected chi connectivity index (χ2v) is 10.1. The molecule has 1 unspecified atom stereocenters. The third kappa shape index (κ3) is 5.21. The van der Waals surface area contributed by atoms with E-state index in [1.807, 2.05) is 31.1 Å². The Labute approximate surface area is 178 Å². The molecule has 1 saturated heterocycles. The number of benzene rings is 1. The van der Waals surface area contributed by atoms with Crippen LogP contribution >= 0.6 is 0 Å². The second-order valence-electron chi connectivity index (χ2n) is 8.64. The van der Waals surface area contributed by atoms with Gasteiger partial charge in [-0.15, -0.1) is 0 Å². The molecule has 0 spiro atoms. The summed E-state index contributed by atoms with van der Waals surface area (Å²) in [4.78, 5) is 14.6. The number of likely N-dealkylation sites (N-methyl/N-ethyl adjacent to an activating group) is 1. The fourth-order valence-corrected chi connectivity index (χ4v) is 4.54. The lowest BCUT2D eigenvalue weighted by molar-refractivity contribution is -0.160. The number of carbonyl (C=O) groups is 1. The lowest BCUT2D eigenvalue weighted by Gasteiger charge is -2.24. The number of fused-ring (bicyclic) bond motifs is 1. The maximum atomic E-state index is 13.0. The Morgan fingerprint density at radius 2 is 2.03 bits per heavy atom. The first-order valence-electron chi connectivity index (χ1n) is 10.2. The number of para-hydroxylation sites is 1. The quantitative estimate of drug-likeness (QED) is 0.598. The third-order valence-electron chi connectivity index (χ3n) is 5.24. The minimum absolute atomic E-state index is 0.180. The minimum atomic E-state index is -4.12. The highest BCUT2D eigenvalue weighted by Crippen LogP contribution is 2.26. The van der Waals surface area contributed by atoms with Gasteiger partial charge < -0.3 is 15.0 Å². The monoisotopic (exact) mass is 437 g/mol. The van der Waals surface area contributed by atoms with E-state index >= 15 is 0 Å². The molecule has 1 aliphatic heterocycles. The topological polar surface area (TPSA) is 89.9 Å². The first-order valence-corrected chi connectivity index (χ1v) is 11.5. The third-order valence-corrected chi connectivity index (χ3v) is 6.44. The normalized spacial score (nSPS) is 17.7. The van der Waals surface area contributed by atoms with Crippen LogP contribution in [0, 0.1) is 5.41 Å². The number of nitrogens with one attached hydrogen (secondary N) is 1. The Balaban J connectivity index is 1.76. The van der Waals surface area contributed by atoms with Crippen LogP contribution in [0.4, 0.5) is 0 Å². The van der Waals surface area contributed by atoms with Crippen LogP contribution in [0.15, 0.2) is 30.5 Å². The van der Waals surface area contributed by atoms with Crippen molar-refractivity contribution in [3.05, 3.63) is 36.0 Å². The van der Waals surface area contributed by atoms with Gasteiger partial charge in [0.15, 0.2) is 0 Å². The van der Waals surface area contributed by atoms with Crippen LogP contribution in [0.3, 0.4) is 0 Å². The molecule has 1 atom stereocenters. The van der Waals surface area contributed by atoms with Crippen molar-refractivity contribution in [2.24, 2.45) is 5.41 Å². The van der Waals surface area contributed by atoms with E-state index in [2.05, 4.69) is 5.32 Å². The van der Waals surface area contributed by atoms with E-state index < -0.39 is 21.7 Å². The van der Waals surface area contributed by atoms with Crippen molar-refractivity contribution in [1.29, 1.82) is 0 Å². The number of nitrogens with zero attached hydrogens (tertiary/aromatic N) is 2. The van der Waals surface area contributed by atoms with Gasteiger partial charge in [-0.25, -0.2) is 3.97 Å². The Bertz CT molecular complexity index is 991. The van der Waals surface area contributed by atoms with Gasteiger partial charge in [0, 0.05) is 24.7 Å². The SMILES string of the molecule is CN(C)CCc1cn(S(=O)(=O)OCC(C)(C)C(=O)OC2CCNC2)c2ccccc12. The van der Waals surface area contributed by atoms with E-state index in [-0.39, 0.29) is 12.7 Å². The van der Waals surface area contributed by atoms with Crippen LogP contribution in [0.1, 0.15) is 25.8 Å². The zero-order valence-electron chi connectivity index (χ0n) is 18.1. The number of rotatable bonds is 9. The van der Waals surface area contributed by atoms with E-state index in [0.29, 0.717) is 18.5 Å². The molecule has 3 rings (SSSR count). The summed E-state index contributed by atoms with van der Waals surface area (Å²) in [6.07, 6.45) is 2.90. The van der Waals surface area contributed by atoms with Crippen molar-refractivity contribution in [2.45, 2.75) is 32.8 Å². The van der Waals surface area contributed by atoms with Gasteiger partial charge in [-0.05, 0) is 59.0 Å². The van der Waals surface area contributed by atoms with E-state index in [0.717, 1.165) is 34.4 Å². The Hall–Kier alpha value is -1.94. The maximum Gasteiger partial charge on any atom is 0.366 e. The summed E-state index contributed by atoms with van der Waals surface area (Å²) in [6, 6.07) is 7.34. The molecule has 0 bridgehead atoms. The summed E-state index contributed by atoms with van der Waals surface area (Å²) < 4.78 is 37.9. The number of esters is 1. The maximum absolute atomic E-state index is 13.0. The lowest BCUT2D eigenvalue weighted by atomic mass is 9.95. The second kappa shape index (κ2) is 9.05. The first-order chi connectivity index (χ1) is 14.1. The molecule has 30 heavy (non-hydrogen) atoms. The molecule has 0 saturated carbocycles. The average molecular weight is 438 g/mol. The van der Waals surface area contributed by atoms with Gasteiger partial charge in [-0.1, -0.05) is 18.2 Å². The molecule has 1 aromatic heterocycles. The summed E-state index contributed by atoms with van der Waals surface area (Å²) in [6.45, 7) is 5.18. The fourth-order valence-electron chi connectivity index (χ4n) is 3.32. The van der Waals surface area contributed by atoms with Crippen LogP contribution in [-0.2, 0) is 30.4 Å². The number of hydrogen-bond donors (Lipinski definition) is 1. The van der Waals surface area contributed by atoms with Crippen molar-refractivity contribution >= 4 is 27.2 Å². The molecule has 8 nitrogen and oxygen atoms in total. The molecule has 1 aromatic carbocycles. The van der Waals surface area contributed by atoms with E-state index in [4.69, 9.17) is 8.92 Å². The van der Waals surface area contributed by atoms with Gasteiger partial charge in [0.2, 0.25) is 0 Å². The zero-order chi connectivity index (χ0) is 21.9. The van der Waals surface area contributed by atoms with Crippen molar-refractivity contribution in [2.75, 3.05) is 40.3 Å². The Kier molecular flexibility index (Phi) is 6.86. The van der Waals surface area contributed by atoms with E-state index in [9.17, 15) is 13.2 Å². The number of carbonyl (C=O) groups excluding carboxylic acids is 1. The van der Waals surface area contributed by atoms with Crippen LogP contribution < -0.4 is 5.32 Å². The van der Waals surface area contributed by atoms with Crippen molar-refractivity contribution in [3.8, 4) is 0 Å². The highest BCUT2D eigenvalue weighted by molar-refractivity contribution is 7.85. The van der Waals surface area contributed by atoms with Gasteiger partial charge >= 0.3 is 16.3 Å². The molecule has 2 aromatic rings. The Morgan fingerprint density at radius 1 is 1.30 bits per heavy atom. The van der Waals surface area contributed by atoms with E-state index in [1.54, 1.807) is 32.2 Å². The molecule has 0 amide bonds. The molecule has 166 valence electrons.